The summed E-state index contributed by atoms with van der Waals surface area (Å²) in [5.41, 5.74) is 2.45. The fraction of sp³-hybridized carbons (Fsp3) is 0.300. The molecule has 1 atom stereocenters. The highest BCUT2D eigenvalue weighted by Gasteiger charge is 2.22. The molecule has 0 radical (unpaired) electrons. The Labute approximate surface area is 156 Å². The molecule has 25 heavy (non-hydrogen) atoms. The molecule has 1 fully saturated rings. The molecule has 1 unspecified atom stereocenters. The molecule has 1 heterocycles. The monoisotopic (exact) mass is 400 g/mol. The molecule has 0 bridgehead atoms. The summed E-state index contributed by atoms with van der Waals surface area (Å²) in [6.07, 6.45) is 2.26. The lowest BCUT2D eigenvalue weighted by Crippen LogP contribution is -2.29. The van der Waals surface area contributed by atoms with Crippen LogP contribution in [0.4, 0.5) is 5.69 Å². The van der Waals surface area contributed by atoms with Gasteiger partial charge in [0.25, 0.3) is 5.91 Å². The number of nitrogens with zero attached hydrogens (tertiary/aromatic N) is 1. The number of hydrogen-bond acceptors (Lipinski definition) is 2. The van der Waals surface area contributed by atoms with E-state index in [2.05, 4.69) is 21.2 Å². The Balaban J connectivity index is 1.76. The van der Waals surface area contributed by atoms with Gasteiger partial charge in [0, 0.05) is 28.7 Å². The van der Waals surface area contributed by atoms with E-state index in [9.17, 15) is 9.59 Å². The van der Waals surface area contributed by atoms with Gasteiger partial charge in [-0.05, 0) is 48.7 Å². The lowest BCUT2D eigenvalue weighted by atomic mass is 10.0. The molecule has 2 aromatic carbocycles. The number of benzene rings is 2. The van der Waals surface area contributed by atoms with E-state index in [1.807, 2.05) is 43.3 Å². The van der Waals surface area contributed by atoms with Crippen molar-refractivity contribution >= 4 is 33.4 Å². The minimum Gasteiger partial charge on any atom is -0.345 e. The number of halogens is 1. The summed E-state index contributed by atoms with van der Waals surface area (Å²) in [4.78, 5) is 26.3. The maximum atomic E-state index is 12.7. The molecule has 2 amide bonds. The van der Waals surface area contributed by atoms with Gasteiger partial charge in [-0.3, -0.25) is 9.59 Å². The second-order valence-corrected chi connectivity index (χ2v) is 7.10. The highest BCUT2D eigenvalue weighted by molar-refractivity contribution is 9.10. The van der Waals surface area contributed by atoms with Gasteiger partial charge < -0.3 is 10.2 Å². The molecule has 1 aliphatic heterocycles. The molecule has 4 nitrogen and oxygen atoms in total. The van der Waals surface area contributed by atoms with Gasteiger partial charge in [0.15, 0.2) is 0 Å². The van der Waals surface area contributed by atoms with E-state index < -0.39 is 0 Å². The summed E-state index contributed by atoms with van der Waals surface area (Å²) in [6.45, 7) is 2.77. The van der Waals surface area contributed by atoms with Crippen LogP contribution in [0.2, 0.25) is 0 Å². The Morgan fingerprint density at radius 2 is 2.00 bits per heavy atom. The maximum absolute atomic E-state index is 12.7. The lowest BCUT2D eigenvalue weighted by Gasteiger charge is -2.19. The Bertz CT molecular complexity index is 774. The number of carbonyl (C=O) groups is 2. The molecule has 0 aliphatic carbocycles. The van der Waals surface area contributed by atoms with Crippen molar-refractivity contribution in [2.24, 2.45) is 0 Å². The first-order chi connectivity index (χ1) is 12.1. The molecule has 0 saturated carbocycles. The van der Waals surface area contributed by atoms with Crippen molar-refractivity contribution in [1.29, 1.82) is 0 Å². The van der Waals surface area contributed by atoms with E-state index in [0.717, 1.165) is 35.1 Å². The molecule has 130 valence electrons. The normalized spacial score (nSPS) is 15.3. The SMILES string of the molecule is CCC(NC(=O)c1cccc(N2CCCC2=O)c1)c1ccc(Br)cc1. The Morgan fingerprint density at radius 1 is 1.24 bits per heavy atom. The van der Waals surface area contributed by atoms with E-state index >= 15 is 0 Å². The van der Waals surface area contributed by atoms with Crippen LogP contribution in [-0.4, -0.2) is 18.4 Å². The minimum atomic E-state index is -0.122. The molecule has 1 saturated heterocycles. The maximum Gasteiger partial charge on any atom is 0.251 e. The third-order valence-electron chi connectivity index (χ3n) is 4.48. The average Bonchev–Trinajstić information content (AvgIpc) is 3.06. The Hall–Kier alpha value is -2.14. The first-order valence-corrected chi connectivity index (χ1v) is 9.34. The van der Waals surface area contributed by atoms with Crippen LogP contribution < -0.4 is 10.2 Å². The zero-order chi connectivity index (χ0) is 17.8. The van der Waals surface area contributed by atoms with E-state index in [1.54, 1.807) is 17.0 Å². The summed E-state index contributed by atoms with van der Waals surface area (Å²) < 4.78 is 1.01. The van der Waals surface area contributed by atoms with Crippen LogP contribution in [0.15, 0.2) is 53.0 Å². The number of hydrogen-bond donors (Lipinski definition) is 1. The predicted molar refractivity (Wildman–Crippen MR) is 103 cm³/mol. The van der Waals surface area contributed by atoms with Gasteiger partial charge in [0.1, 0.15) is 0 Å². The lowest BCUT2D eigenvalue weighted by molar-refractivity contribution is -0.117. The second-order valence-electron chi connectivity index (χ2n) is 6.19. The van der Waals surface area contributed by atoms with Gasteiger partial charge >= 0.3 is 0 Å². The van der Waals surface area contributed by atoms with E-state index in [4.69, 9.17) is 0 Å². The first-order valence-electron chi connectivity index (χ1n) is 8.55. The third-order valence-corrected chi connectivity index (χ3v) is 5.01. The summed E-state index contributed by atoms with van der Waals surface area (Å²) >= 11 is 3.43. The van der Waals surface area contributed by atoms with Crippen molar-refractivity contribution < 1.29 is 9.59 Å². The summed E-state index contributed by atoms with van der Waals surface area (Å²) in [5, 5.41) is 3.09. The van der Waals surface area contributed by atoms with Crippen molar-refractivity contribution in [2.45, 2.75) is 32.2 Å². The molecule has 1 N–H and O–H groups in total. The van der Waals surface area contributed by atoms with Gasteiger partial charge in [0.05, 0.1) is 6.04 Å². The third kappa shape index (κ3) is 4.10. The van der Waals surface area contributed by atoms with Crippen molar-refractivity contribution in [3.8, 4) is 0 Å². The number of amides is 2. The summed E-state index contributed by atoms with van der Waals surface area (Å²) in [7, 11) is 0. The minimum absolute atomic E-state index is 0.0438. The van der Waals surface area contributed by atoms with Gasteiger partial charge in [-0.15, -0.1) is 0 Å². The van der Waals surface area contributed by atoms with Crippen molar-refractivity contribution in [1.82, 2.24) is 5.32 Å². The molecular weight excluding hydrogens is 380 g/mol. The molecule has 0 aromatic heterocycles. The van der Waals surface area contributed by atoms with E-state index in [0.29, 0.717) is 12.0 Å². The van der Waals surface area contributed by atoms with Crippen LogP contribution in [0.25, 0.3) is 0 Å². The van der Waals surface area contributed by atoms with Crippen LogP contribution in [-0.2, 0) is 4.79 Å². The van der Waals surface area contributed by atoms with Crippen LogP contribution in [0.5, 0.6) is 0 Å². The van der Waals surface area contributed by atoms with Gasteiger partial charge in [-0.2, -0.15) is 0 Å². The largest absolute Gasteiger partial charge is 0.345 e. The van der Waals surface area contributed by atoms with Crippen molar-refractivity contribution in [3.63, 3.8) is 0 Å². The number of anilines is 1. The molecule has 0 spiro atoms. The van der Waals surface area contributed by atoms with E-state index in [1.165, 1.54) is 0 Å². The standard InChI is InChI=1S/C20H21BrN2O2/c1-2-18(14-8-10-16(21)11-9-14)22-20(25)15-5-3-6-17(13-15)23-12-4-7-19(23)24/h3,5-6,8-11,13,18H,2,4,7,12H2,1H3,(H,22,25). The highest BCUT2D eigenvalue weighted by atomic mass is 79.9. The summed E-state index contributed by atoms with van der Waals surface area (Å²) in [5.74, 6) is 0.00196. The van der Waals surface area contributed by atoms with Crippen LogP contribution in [0.3, 0.4) is 0 Å². The molecule has 5 heteroatoms. The van der Waals surface area contributed by atoms with Crippen LogP contribution >= 0.6 is 15.9 Å². The second kappa shape index (κ2) is 7.83. The first kappa shape index (κ1) is 17.7. The smallest absolute Gasteiger partial charge is 0.251 e. The fourth-order valence-electron chi connectivity index (χ4n) is 3.09. The van der Waals surface area contributed by atoms with Gasteiger partial charge in [0.2, 0.25) is 5.91 Å². The quantitative estimate of drug-likeness (QED) is 0.805. The van der Waals surface area contributed by atoms with Crippen LogP contribution in [0, 0.1) is 0 Å². The molecule has 3 rings (SSSR count). The van der Waals surface area contributed by atoms with Crippen molar-refractivity contribution in [3.05, 3.63) is 64.1 Å². The Kier molecular flexibility index (Phi) is 5.53. The molecular formula is C20H21BrN2O2. The van der Waals surface area contributed by atoms with Gasteiger partial charge in [-0.1, -0.05) is 41.1 Å². The average molecular weight is 401 g/mol. The molecule has 2 aromatic rings. The number of rotatable bonds is 5. The Morgan fingerprint density at radius 3 is 2.64 bits per heavy atom. The zero-order valence-corrected chi connectivity index (χ0v) is 15.8. The fourth-order valence-corrected chi connectivity index (χ4v) is 3.36. The van der Waals surface area contributed by atoms with Crippen LogP contribution in [0.1, 0.15) is 48.1 Å². The summed E-state index contributed by atoms with van der Waals surface area (Å²) in [6, 6.07) is 15.2. The van der Waals surface area contributed by atoms with Gasteiger partial charge in [-0.25, -0.2) is 0 Å². The predicted octanol–water partition coefficient (Wildman–Crippen LogP) is 4.46. The number of carbonyl (C=O) groups excluding carboxylic acids is 2. The van der Waals surface area contributed by atoms with E-state index in [-0.39, 0.29) is 17.9 Å². The topological polar surface area (TPSA) is 49.4 Å². The molecule has 1 aliphatic rings. The number of nitrogens with one attached hydrogen (secondary N) is 1. The van der Waals surface area contributed by atoms with Crippen molar-refractivity contribution in [2.75, 3.05) is 11.4 Å². The highest BCUT2D eigenvalue weighted by Crippen LogP contribution is 2.24. The zero-order valence-electron chi connectivity index (χ0n) is 14.2.